The molecule has 0 atom stereocenters. The lowest BCUT2D eigenvalue weighted by Crippen LogP contribution is -2.07. The topological polar surface area (TPSA) is 47.0 Å². The number of nitrogens with one attached hydrogen (secondary N) is 1. The van der Waals surface area contributed by atoms with E-state index in [1.165, 1.54) is 30.6 Å². The highest BCUT2D eigenvalue weighted by Crippen LogP contribution is 2.37. The van der Waals surface area contributed by atoms with Gasteiger partial charge in [0.1, 0.15) is 11.6 Å². The van der Waals surface area contributed by atoms with Gasteiger partial charge in [0.15, 0.2) is 0 Å². The Bertz CT molecular complexity index is 602. The third-order valence-electron chi connectivity index (χ3n) is 2.58. The molecule has 0 saturated heterocycles. The molecule has 0 aliphatic rings. The minimum atomic E-state index is -4.48. The van der Waals surface area contributed by atoms with Crippen molar-refractivity contribution in [3.8, 4) is 11.6 Å². The van der Waals surface area contributed by atoms with Gasteiger partial charge < -0.3 is 10.1 Å². The van der Waals surface area contributed by atoms with Crippen LogP contribution in [0.1, 0.15) is 18.9 Å². The number of para-hydroxylation sites is 1. The largest absolute Gasteiger partial charge is 0.437 e. The average Bonchev–Trinajstić information content (AvgIpc) is 2.45. The van der Waals surface area contributed by atoms with E-state index in [1.54, 1.807) is 0 Å². The van der Waals surface area contributed by atoms with Crippen LogP contribution in [0.5, 0.6) is 11.6 Å². The van der Waals surface area contributed by atoms with Gasteiger partial charge in [-0.25, -0.2) is 0 Å². The first-order valence-electron chi connectivity index (χ1n) is 6.40. The zero-order valence-corrected chi connectivity index (χ0v) is 11.3. The summed E-state index contributed by atoms with van der Waals surface area (Å²) in [5, 5.41) is 2.99. The molecule has 0 fully saturated rings. The van der Waals surface area contributed by atoms with Crippen LogP contribution < -0.4 is 10.1 Å². The molecule has 112 valence electrons. The van der Waals surface area contributed by atoms with Gasteiger partial charge in [-0.3, -0.25) is 4.98 Å². The minimum Gasteiger partial charge on any atom is -0.437 e. The molecule has 1 N–H and O–H groups in total. The van der Waals surface area contributed by atoms with Crippen molar-refractivity contribution in [1.29, 1.82) is 0 Å². The molecule has 0 bridgehead atoms. The molecule has 21 heavy (non-hydrogen) atoms. The van der Waals surface area contributed by atoms with E-state index < -0.39 is 11.7 Å². The number of benzene rings is 1. The number of hydrogen-bond donors (Lipinski definition) is 1. The molecule has 0 radical (unpaired) electrons. The van der Waals surface area contributed by atoms with Crippen LogP contribution in [0.25, 0.3) is 0 Å². The average molecular weight is 297 g/mol. The number of nitrogens with zero attached hydrogens (tertiary/aromatic N) is 2. The Morgan fingerprint density at radius 3 is 2.67 bits per heavy atom. The smallest absolute Gasteiger partial charge is 0.419 e. The first kappa shape index (κ1) is 15.1. The number of halogens is 3. The highest BCUT2D eigenvalue weighted by atomic mass is 19.4. The summed E-state index contributed by atoms with van der Waals surface area (Å²) in [5.41, 5.74) is -0.848. The van der Waals surface area contributed by atoms with Crippen molar-refractivity contribution in [2.24, 2.45) is 0 Å². The zero-order chi connectivity index (χ0) is 15.3. The van der Waals surface area contributed by atoms with Gasteiger partial charge in [0, 0.05) is 6.54 Å². The molecule has 0 saturated carbocycles. The fraction of sp³-hybridized carbons (Fsp3) is 0.286. The van der Waals surface area contributed by atoms with Gasteiger partial charge in [-0.05, 0) is 18.6 Å². The molecular formula is C14H14F3N3O. The highest BCUT2D eigenvalue weighted by Gasteiger charge is 2.34. The van der Waals surface area contributed by atoms with Crippen molar-refractivity contribution < 1.29 is 17.9 Å². The number of ether oxygens (including phenoxy) is 1. The van der Waals surface area contributed by atoms with Gasteiger partial charge in [0.25, 0.3) is 0 Å². The van der Waals surface area contributed by atoms with Gasteiger partial charge in [0.2, 0.25) is 5.88 Å². The lowest BCUT2D eigenvalue weighted by molar-refractivity contribution is -0.138. The van der Waals surface area contributed by atoms with Gasteiger partial charge in [-0.2, -0.15) is 18.2 Å². The second kappa shape index (κ2) is 6.43. The quantitative estimate of drug-likeness (QED) is 0.902. The first-order chi connectivity index (χ1) is 10.0. The molecular weight excluding hydrogens is 283 g/mol. The molecule has 0 aliphatic carbocycles. The molecule has 1 aromatic carbocycles. The fourth-order valence-electron chi connectivity index (χ4n) is 1.64. The molecule has 4 nitrogen and oxygen atoms in total. The fourth-order valence-corrected chi connectivity index (χ4v) is 1.64. The van der Waals surface area contributed by atoms with Crippen LogP contribution >= 0.6 is 0 Å². The first-order valence-corrected chi connectivity index (χ1v) is 6.40. The summed E-state index contributed by atoms with van der Waals surface area (Å²) >= 11 is 0. The number of anilines is 1. The van der Waals surface area contributed by atoms with Crippen LogP contribution in [-0.4, -0.2) is 16.5 Å². The molecule has 2 rings (SSSR count). The van der Waals surface area contributed by atoms with Crippen molar-refractivity contribution in [2.75, 3.05) is 11.9 Å². The van der Waals surface area contributed by atoms with Crippen LogP contribution in [0, 0.1) is 0 Å². The van der Waals surface area contributed by atoms with E-state index in [-0.39, 0.29) is 11.6 Å². The Morgan fingerprint density at radius 1 is 1.19 bits per heavy atom. The van der Waals surface area contributed by atoms with Crippen molar-refractivity contribution in [3.05, 3.63) is 42.2 Å². The predicted molar refractivity (Wildman–Crippen MR) is 72.3 cm³/mol. The second-order valence-corrected chi connectivity index (χ2v) is 4.27. The minimum absolute atomic E-state index is 0.00723. The summed E-state index contributed by atoms with van der Waals surface area (Å²) in [4.78, 5) is 7.96. The summed E-state index contributed by atoms with van der Waals surface area (Å²) in [5.74, 6) is 0.165. The SMILES string of the molecule is CCCNc1cncc(Oc2ccccc2C(F)(F)F)n1. The molecule has 0 unspecified atom stereocenters. The number of alkyl halides is 3. The third kappa shape index (κ3) is 4.08. The van der Waals surface area contributed by atoms with E-state index in [0.717, 1.165) is 12.5 Å². The maximum atomic E-state index is 12.9. The number of hydrogen-bond acceptors (Lipinski definition) is 4. The van der Waals surface area contributed by atoms with Crippen LogP contribution in [0.4, 0.5) is 19.0 Å². The highest BCUT2D eigenvalue weighted by molar-refractivity contribution is 5.39. The summed E-state index contributed by atoms with van der Waals surface area (Å²) < 4.78 is 43.8. The van der Waals surface area contributed by atoms with Crippen LogP contribution in [0.2, 0.25) is 0 Å². The van der Waals surface area contributed by atoms with E-state index in [2.05, 4.69) is 15.3 Å². The summed E-state index contributed by atoms with van der Waals surface area (Å²) in [6.45, 7) is 2.68. The van der Waals surface area contributed by atoms with Gasteiger partial charge in [0.05, 0.1) is 18.0 Å². The summed E-state index contributed by atoms with van der Waals surface area (Å²) in [6.07, 6.45) is -0.839. The van der Waals surface area contributed by atoms with Crippen molar-refractivity contribution in [2.45, 2.75) is 19.5 Å². The third-order valence-corrected chi connectivity index (χ3v) is 2.58. The van der Waals surface area contributed by atoms with Gasteiger partial charge >= 0.3 is 6.18 Å². The monoisotopic (exact) mass is 297 g/mol. The van der Waals surface area contributed by atoms with Gasteiger partial charge in [-0.15, -0.1) is 0 Å². The number of aromatic nitrogens is 2. The Morgan fingerprint density at radius 2 is 1.95 bits per heavy atom. The molecule has 0 amide bonds. The van der Waals surface area contributed by atoms with Gasteiger partial charge in [-0.1, -0.05) is 19.1 Å². The second-order valence-electron chi connectivity index (χ2n) is 4.27. The lowest BCUT2D eigenvalue weighted by Gasteiger charge is -2.13. The Hall–Kier alpha value is -2.31. The number of rotatable bonds is 5. The van der Waals surface area contributed by atoms with Crippen LogP contribution in [0.3, 0.4) is 0 Å². The van der Waals surface area contributed by atoms with E-state index in [9.17, 15) is 13.2 Å². The van der Waals surface area contributed by atoms with Crippen molar-refractivity contribution >= 4 is 5.82 Å². The lowest BCUT2D eigenvalue weighted by atomic mass is 10.2. The van der Waals surface area contributed by atoms with E-state index >= 15 is 0 Å². The Kier molecular flexibility index (Phi) is 4.62. The molecule has 2 aromatic rings. The maximum absolute atomic E-state index is 12.9. The maximum Gasteiger partial charge on any atom is 0.419 e. The Labute approximate surface area is 120 Å². The molecule has 1 aromatic heterocycles. The van der Waals surface area contributed by atoms with Crippen LogP contribution in [-0.2, 0) is 6.18 Å². The normalized spacial score (nSPS) is 11.2. The molecule has 1 heterocycles. The standard InChI is InChI=1S/C14H14F3N3O/c1-2-7-19-12-8-18-9-13(20-12)21-11-6-4-3-5-10(11)14(15,16)17/h3-6,8-9H,2,7H2,1H3,(H,19,20). The molecule has 0 spiro atoms. The van der Waals surface area contributed by atoms with Crippen molar-refractivity contribution in [1.82, 2.24) is 9.97 Å². The zero-order valence-electron chi connectivity index (χ0n) is 11.3. The predicted octanol–water partition coefficient (Wildman–Crippen LogP) is 4.11. The molecule has 0 aliphatic heterocycles. The molecule has 7 heteroatoms. The Balaban J connectivity index is 2.23. The summed E-state index contributed by atoms with van der Waals surface area (Å²) in [6, 6.07) is 4.98. The van der Waals surface area contributed by atoms with E-state index in [1.807, 2.05) is 6.92 Å². The van der Waals surface area contributed by atoms with E-state index in [0.29, 0.717) is 12.4 Å². The summed E-state index contributed by atoms with van der Waals surface area (Å²) in [7, 11) is 0. The van der Waals surface area contributed by atoms with Crippen LogP contribution in [0.15, 0.2) is 36.7 Å². The van der Waals surface area contributed by atoms with E-state index in [4.69, 9.17) is 4.74 Å². The van der Waals surface area contributed by atoms with Crippen molar-refractivity contribution in [3.63, 3.8) is 0 Å².